The van der Waals surface area contributed by atoms with Gasteiger partial charge >= 0.3 is 5.97 Å². The summed E-state index contributed by atoms with van der Waals surface area (Å²) in [4.78, 5) is 24.4. The van der Waals surface area contributed by atoms with E-state index in [-0.39, 0.29) is 18.9 Å². The topological polar surface area (TPSA) is 73.9 Å². The number of carbonyl (C=O) groups excluding carboxylic acids is 2. The van der Waals surface area contributed by atoms with Gasteiger partial charge in [0.2, 0.25) is 0 Å². The summed E-state index contributed by atoms with van der Waals surface area (Å²) < 4.78 is 15.6. The first-order chi connectivity index (χ1) is 15.1. The Labute approximate surface area is 181 Å². The zero-order valence-electron chi connectivity index (χ0n) is 17.6. The molecule has 0 spiro atoms. The lowest BCUT2D eigenvalue weighted by Gasteiger charge is -2.12. The Morgan fingerprint density at radius 1 is 0.839 bits per heavy atom. The second-order valence-electron chi connectivity index (χ2n) is 6.81. The van der Waals surface area contributed by atoms with E-state index in [9.17, 15) is 9.59 Å². The minimum absolute atomic E-state index is 0.156. The number of esters is 1. The number of carbonyl (C=O) groups is 2. The molecule has 0 aliphatic heterocycles. The van der Waals surface area contributed by atoms with Crippen molar-refractivity contribution < 1.29 is 23.8 Å². The van der Waals surface area contributed by atoms with Gasteiger partial charge in [0.05, 0.1) is 14.2 Å². The molecule has 0 aliphatic rings. The second kappa shape index (κ2) is 10.8. The maximum atomic E-state index is 12.3. The third-order valence-corrected chi connectivity index (χ3v) is 4.72. The first-order valence-corrected chi connectivity index (χ1v) is 9.91. The van der Waals surface area contributed by atoms with Crippen LogP contribution in [-0.2, 0) is 20.7 Å². The van der Waals surface area contributed by atoms with Crippen LogP contribution in [0.3, 0.4) is 0 Å². The number of benzene rings is 3. The van der Waals surface area contributed by atoms with Crippen LogP contribution in [0.15, 0.2) is 72.8 Å². The van der Waals surface area contributed by atoms with Crippen molar-refractivity contribution in [1.29, 1.82) is 0 Å². The van der Waals surface area contributed by atoms with E-state index < -0.39 is 5.97 Å². The molecule has 0 saturated heterocycles. The summed E-state index contributed by atoms with van der Waals surface area (Å²) in [5.74, 6) is 0.398. The molecule has 0 aliphatic carbocycles. The molecule has 0 fully saturated rings. The third-order valence-electron chi connectivity index (χ3n) is 4.72. The lowest BCUT2D eigenvalue weighted by molar-refractivity contribution is -0.147. The Balaban J connectivity index is 1.51. The van der Waals surface area contributed by atoms with Crippen molar-refractivity contribution in [3.8, 4) is 22.6 Å². The van der Waals surface area contributed by atoms with E-state index in [0.29, 0.717) is 23.6 Å². The molecule has 0 atom stereocenters. The smallest absolute Gasteiger partial charge is 0.306 e. The summed E-state index contributed by atoms with van der Waals surface area (Å²) in [6, 6.07) is 22.7. The fourth-order valence-electron chi connectivity index (χ4n) is 3.15. The number of hydrogen-bond acceptors (Lipinski definition) is 5. The SMILES string of the molecule is COc1ccc(CCC(=O)OCC(=O)Nc2ccccc2-c2ccccc2)cc1OC. The lowest BCUT2D eigenvalue weighted by atomic mass is 10.0. The molecule has 0 aromatic heterocycles. The summed E-state index contributed by atoms with van der Waals surface area (Å²) in [6.45, 7) is -0.339. The van der Waals surface area contributed by atoms with Crippen LogP contribution in [0, 0.1) is 0 Å². The minimum atomic E-state index is -0.443. The average molecular weight is 419 g/mol. The number of aryl methyl sites for hydroxylation is 1. The van der Waals surface area contributed by atoms with Gasteiger partial charge in [0.15, 0.2) is 18.1 Å². The summed E-state index contributed by atoms with van der Waals surface area (Å²) in [5, 5.41) is 2.82. The van der Waals surface area contributed by atoms with Crippen LogP contribution in [0.25, 0.3) is 11.1 Å². The van der Waals surface area contributed by atoms with Gasteiger partial charge in [-0.3, -0.25) is 9.59 Å². The van der Waals surface area contributed by atoms with E-state index in [0.717, 1.165) is 16.7 Å². The first-order valence-electron chi connectivity index (χ1n) is 9.91. The molecule has 1 N–H and O–H groups in total. The number of rotatable bonds is 9. The van der Waals surface area contributed by atoms with E-state index in [1.807, 2.05) is 66.7 Å². The molecule has 6 heteroatoms. The molecule has 0 radical (unpaired) electrons. The minimum Gasteiger partial charge on any atom is -0.493 e. The molecule has 3 aromatic carbocycles. The first kappa shape index (κ1) is 21.9. The average Bonchev–Trinajstić information content (AvgIpc) is 2.82. The molecule has 0 heterocycles. The number of methoxy groups -OCH3 is 2. The predicted octanol–water partition coefficient (Wildman–Crippen LogP) is 4.49. The van der Waals surface area contributed by atoms with Crippen molar-refractivity contribution in [3.05, 3.63) is 78.4 Å². The molecule has 3 aromatic rings. The van der Waals surface area contributed by atoms with Crippen LogP contribution in [-0.4, -0.2) is 32.7 Å². The van der Waals surface area contributed by atoms with Crippen LogP contribution in [0.1, 0.15) is 12.0 Å². The van der Waals surface area contributed by atoms with Crippen LogP contribution in [0.2, 0.25) is 0 Å². The summed E-state index contributed by atoms with van der Waals surface area (Å²) >= 11 is 0. The van der Waals surface area contributed by atoms with Crippen molar-refractivity contribution in [2.75, 3.05) is 26.1 Å². The lowest BCUT2D eigenvalue weighted by Crippen LogP contribution is -2.21. The number of hydrogen-bond donors (Lipinski definition) is 1. The number of anilines is 1. The van der Waals surface area contributed by atoms with Gasteiger partial charge in [-0.25, -0.2) is 0 Å². The zero-order valence-corrected chi connectivity index (χ0v) is 17.6. The molecule has 0 unspecified atom stereocenters. The number of amides is 1. The normalized spacial score (nSPS) is 10.3. The molecule has 0 bridgehead atoms. The molecule has 31 heavy (non-hydrogen) atoms. The van der Waals surface area contributed by atoms with Crippen molar-refractivity contribution in [2.24, 2.45) is 0 Å². The summed E-state index contributed by atoms with van der Waals surface area (Å²) in [7, 11) is 3.13. The fourth-order valence-corrected chi connectivity index (χ4v) is 3.15. The molecule has 6 nitrogen and oxygen atoms in total. The molecular weight excluding hydrogens is 394 g/mol. The molecular formula is C25H25NO5. The van der Waals surface area contributed by atoms with Crippen LogP contribution < -0.4 is 14.8 Å². The van der Waals surface area contributed by atoms with E-state index in [2.05, 4.69) is 5.32 Å². The predicted molar refractivity (Wildman–Crippen MR) is 119 cm³/mol. The highest BCUT2D eigenvalue weighted by molar-refractivity contribution is 5.96. The van der Waals surface area contributed by atoms with Gasteiger partial charge in [-0.1, -0.05) is 54.6 Å². The highest BCUT2D eigenvalue weighted by Gasteiger charge is 2.12. The molecule has 3 rings (SSSR count). The monoisotopic (exact) mass is 419 g/mol. The van der Waals surface area contributed by atoms with Crippen molar-refractivity contribution in [3.63, 3.8) is 0 Å². The Kier molecular flexibility index (Phi) is 7.65. The van der Waals surface area contributed by atoms with E-state index >= 15 is 0 Å². The van der Waals surface area contributed by atoms with Crippen molar-refractivity contribution in [1.82, 2.24) is 0 Å². The maximum absolute atomic E-state index is 12.3. The number of nitrogens with one attached hydrogen (secondary N) is 1. The van der Waals surface area contributed by atoms with Gasteiger partial charge in [-0.15, -0.1) is 0 Å². The Morgan fingerprint density at radius 3 is 2.29 bits per heavy atom. The molecule has 1 amide bonds. The highest BCUT2D eigenvalue weighted by Crippen LogP contribution is 2.28. The molecule has 160 valence electrons. The van der Waals surface area contributed by atoms with E-state index in [1.165, 1.54) is 0 Å². The van der Waals surface area contributed by atoms with Crippen molar-refractivity contribution in [2.45, 2.75) is 12.8 Å². The van der Waals surface area contributed by atoms with Gasteiger partial charge < -0.3 is 19.5 Å². The number of para-hydroxylation sites is 1. The standard InChI is InChI=1S/C25H25NO5/c1-29-22-14-12-18(16-23(22)30-2)13-15-25(28)31-17-24(27)26-21-11-7-6-10-20(21)19-8-4-3-5-9-19/h3-12,14,16H,13,15,17H2,1-2H3,(H,26,27). The van der Waals surface area contributed by atoms with Crippen LogP contribution in [0.4, 0.5) is 5.69 Å². The number of ether oxygens (including phenoxy) is 3. The van der Waals surface area contributed by atoms with E-state index in [4.69, 9.17) is 14.2 Å². The Bertz CT molecular complexity index is 1030. The van der Waals surface area contributed by atoms with Gasteiger partial charge in [0, 0.05) is 17.7 Å². The van der Waals surface area contributed by atoms with E-state index in [1.54, 1.807) is 20.3 Å². The largest absolute Gasteiger partial charge is 0.493 e. The summed E-state index contributed by atoms with van der Waals surface area (Å²) in [5.41, 5.74) is 3.47. The van der Waals surface area contributed by atoms with Gasteiger partial charge in [0.1, 0.15) is 0 Å². The quantitative estimate of drug-likeness (QED) is 0.518. The van der Waals surface area contributed by atoms with Gasteiger partial charge in [-0.2, -0.15) is 0 Å². The third kappa shape index (κ3) is 6.09. The Morgan fingerprint density at radius 2 is 1.55 bits per heavy atom. The second-order valence-corrected chi connectivity index (χ2v) is 6.81. The Hall–Kier alpha value is -3.80. The maximum Gasteiger partial charge on any atom is 0.306 e. The zero-order chi connectivity index (χ0) is 22.1. The fraction of sp³-hybridized carbons (Fsp3) is 0.200. The van der Waals surface area contributed by atoms with Crippen LogP contribution in [0.5, 0.6) is 11.5 Å². The molecule has 0 saturated carbocycles. The summed E-state index contributed by atoms with van der Waals surface area (Å²) in [6.07, 6.45) is 0.626. The van der Waals surface area contributed by atoms with Gasteiger partial charge in [0.25, 0.3) is 5.91 Å². The van der Waals surface area contributed by atoms with Crippen molar-refractivity contribution >= 4 is 17.6 Å². The highest BCUT2D eigenvalue weighted by atomic mass is 16.5. The van der Waals surface area contributed by atoms with Gasteiger partial charge in [-0.05, 0) is 35.7 Å². The van der Waals surface area contributed by atoms with Crippen LogP contribution >= 0.6 is 0 Å².